The Bertz CT molecular complexity index is 809. The summed E-state index contributed by atoms with van der Waals surface area (Å²) >= 11 is 0. The molecule has 3 rings (SSSR count). The number of benzene rings is 2. The molecule has 0 spiro atoms. The van der Waals surface area contributed by atoms with Crippen LogP contribution in [0, 0.1) is 0 Å². The maximum absolute atomic E-state index is 12.3. The highest BCUT2D eigenvalue weighted by atomic mass is 19.1. The van der Waals surface area contributed by atoms with Crippen LogP contribution in [-0.2, 0) is 12.8 Å². The van der Waals surface area contributed by atoms with Crippen LogP contribution in [0.5, 0.6) is 0 Å². The number of halogens is 1. The third-order valence-corrected chi connectivity index (χ3v) is 4.83. The maximum Gasteiger partial charge on any atom is 0.0930 e. The van der Waals surface area contributed by atoms with Gasteiger partial charge in [0.1, 0.15) is 0 Å². The van der Waals surface area contributed by atoms with Crippen LogP contribution < -0.4 is 0 Å². The highest BCUT2D eigenvalue weighted by Gasteiger charge is 2.04. The Balaban J connectivity index is 1.66. The smallest absolute Gasteiger partial charge is 0.0930 e. The van der Waals surface area contributed by atoms with Crippen LogP contribution in [0.15, 0.2) is 60.7 Å². The first-order valence-electron chi connectivity index (χ1n) is 9.88. The van der Waals surface area contributed by atoms with E-state index in [4.69, 9.17) is 0 Å². The Morgan fingerprint density at radius 2 is 1.11 bits per heavy atom. The lowest BCUT2D eigenvalue weighted by molar-refractivity contribution is 0.473. The summed E-state index contributed by atoms with van der Waals surface area (Å²) in [7, 11) is 0. The first-order chi connectivity index (χ1) is 13.3. The van der Waals surface area contributed by atoms with Gasteiger partial charge in [-0.25, -0.2) is 0 Å². The minimum atomic E-state index is -0.269. The Labute approximate surface area is 161 Å². The fraction of sp³-hybridized carbons (Fsp3) is 0.333. The van der Waals surface area contributed by atoms with E-state index in [2.05, 4.69) is 41.4 Å². The quantitative estimate of drug-likeness (QED) is 0.409. The lowest BCUT2D eigenvalue weighted by atomic mass is 10.0. The summed E-state index contributed by atoms with van der Waals surface area (Å²) in [5.74, 6) is 0. The van der Waals surface area contributed by atoms with Gasteiger partial charge in [0.05, 0.1) is 18.1 Å². The number of aryl methyl sites for hydroxylation is 2. The minimum Gasteiger partial charge on any atom is -0.251 e. The summed E-state index contributed by atoms with van der Waals surface area (Å²) in [6.45, 7) is 1.96. The molecule has 0 unspecified atom stereocenters. The topological polar surface area (TPSA) is 25.8 Å². The van der Waals surface area contributed by atoms with E-state index in [1.54, 1.807) is 0 Å². The lowest BCUT2D eigenvalue weighted by Crippen LogP contribution is -1.92. The summed E-state index contributed by atoms with van der Waals surface area (Å²) in [6.07, 6.45) is 6.27. The first kappa shape index (κ1) is 19.2. The van der Waals surface area contributed by atoms with E-state index in [1.807, 2.05) is 36.4 Å². The van der Waals surface area contributed by atoms with Crippen molar-refractivity contribution in [3.8, 4) is 22.5 Å². The second-order valence-corrected chi connectivity index (χ2v) is 6.95. The molecule has 0 bridgehead atoms. The van der Waals surface area contributed by atoms with E-state index in [9.17, 15) is 4.39 Å². The van der Waals surface area contributed by atoms with Crippen LogP contribution in [0.3, 0.4) is 0 Å². The van der Waals surface area contributed by atoms with Crippen molar-refractivity contribution in [1.29, 1.82) is 0 Å². The Morgan fingerprint density at radius 1 is 0.630 bits per heavy atom. The van der Waals surface area contributed by atoms with Crippen molar-refractivity contribution in [1.82, 2.24) is 10.2 Å². The summed E-state index contributed by atoms with van der Waals surface area (Å²) in [5, 5.41) is 8.79. The van der Waals surface area contributed by atoms with Crippen molar-refractivity contribution in [2.24, 2.45) is 0 Å². The van der Waals surface area contributed by atoms with Crippen LogP contribution in [0.1, 0.15) is 43.7 Å². The van der Waals surface area contributed by atoms with Gasteiger partial charge in [-0.2, -0.15) is 0 Å². The van der Waals surface area contributed by atoms with E-state index < -0.39 is 0 Å². The summed E-state index contributed by atoms with van der Waals surface area (Å²) in [6, 6.07) is 20.8. The Hall–Kier alpha value is -2.55. The molecule has 3 heteroatoms. The molecule has 2 aromatic carbocycles. The lowest BCUT2D eigenvalue weighted by Gasteiger charge is -2.06. The van der Waals surface area contributed by atoms with Crippen LogP contribution in [0.2, 0.25) is 0 Å². The molecule has 0 N–H and O–H groups in total. The third-order valence-electron chi connectivity index (χ3n) is 4.83. The van der Waals surface area contributed by atoms with Crippen molar-refractivity contribution < 1.29 is 4.39 Å². The van der Waals surface area contributed by atoms with Gasteiger partial charge in [0.2, 0.25) is 0 Å². The van der Waals surface area contributed by atoms with E-state index >= 15 is 0 Å². The van der Waals surface area contributed by atoms with E-state index in [-0.39, 0.29) is 6.67 Å². The average molecular weight is 362 g/mol. The molecule has 0 radical (unpaired) electrons. The molecule has 0 aliphatic rings. The van der Waals surface area contributed by atoms with E-state index in [0.29, 0.717) is 6.42 Å². The summed E-state index contributed by atoms with van der Waals surface area (Å²) in [4.78, 5) is 0. The van der Waals surface area contributed by atoms with Gasteiger partial charge in [-0.3, -0.25) is 4.39 Å². The fourth-order valence-corrected chi connectivity index (χ4v) is 3.17. The van der Waals surface area contributed by atoms with Gasteiger partial charge in [-0.1, -0.05) is 68.3 Å². The molecular formula is C24H27FN2. The molecule has 0 fully saturated rings. The van der Waals surface area contributed by atoms with Crippen molar-refractivity contribution in [3.05, 3.63) is 71.8 Å². The van der Waals surface area contributed by atoms with Crippen molar-refractivity contribution in [2.45, 2.75) is 45.4 Å². The number of unbranched alkanes of at least 4 members (excludes halogenated alkanes) is 2. The molecule has 140 valence electrons. The zero-order valence-electron chi connectivity index (χ0n) is 16.0. The maximum atomic E-state index is 12.3. The molecule has 1 heterocycles. The van der Waals surface area contributed by atoms with Crippen LogP contribution in [0.4, 0.5) is 4.39 Å². The molecule has 0 saturated heterocycles. The van der Waals surface area contributed by atoms with Crippen molar-refractivity contribution in [2.75, 3.05) is 6.67 Å². The molecule has 2 nitrogen and oxygen atoms in total. The van der Waals surface area contributed by atoms with Crippen LogP contribution >= 0.6 is 0 Å². The van der Waals surface area contributed by atoms with E-state index in [0.717, 1.165) is 40.9 Å². The number of hydrogen-bond acceptors (Lipinski definition) is 2. The Kier molecular flexibility index (Phi) is 7.09. The fourth-order valence-electron chi connectivity index (χ4n) is 3.17. The Morgan fingerprint density at radius 3 is 1.52 bits per heavy atom. The number of alkyl halides is 1. The van der Waals surface area contributed by atoms with Crippen molar-refractivity contribution >= 4 is 0 Å². The van der Waals surface area contributed by atoms with Gasteiger partial charge < -0.3 is 0 Å². The van der Waals surface area contributed by atoms with Crippen LogP contribution in [0.25, 0.3) is 22.5 Å². The van der Waals surface area contributed by atoms with Gasteiger partial charge in [0.25, 0.3) is 0 Å². The molecule has 0 atom stereocenters. The van der Waals surface area contributed by atoms with E-state index in [1.165, 1.54) is 24.8 Å². The zero-order valence-corrected chi connectivity index (χ0v) is 16.0. The molecular weight excluding hydrogens is 335 g/mol. The van der Waals surface area contributed by atoms with Crippen LogP contribution in [-0.4, -0.2) is 16.9 Å². The third kappa shape index (κ3) is 5.46. The summed E-state index contributed by atoms with van der Waals surface area (Å²) in [5.41, 5.74) is 6.40. The second kappa shape index (κ2) is 9.96. The highest BCUT2D eigenvalue weighted by molar-refractivity contribution is 5.64. The molecule has 0 saturated carbocycles. The average Bonchev–Trinajstić information content (AvgIpc) is 2.73. The minimum absolute atomic E-state index is 0.269. The number of hydrogen-bond donors (Lipinski definition) is 0. The molecule has 0 aliphatic heterocycles. The van der Waals surface area contributed by atoms with Crippen molar-refractivity contribution in [3.63, 3.8) is 0 Å². The second-order valence-electron chi connectivity index (χ2n) is 6.95. The van der Waals surface area contributed by atoms with Gasteiger partial charge >= 0.3 is 0 Å². The molecule has 1 aromatic heterocycles. The number of aromatic nitrogens is 2. The predicted molar refractivity (Wildman–Crippen MR) is 110 cm³/mol. The molecule has 0 amide bonds. The SMILES string of the molecule is CCCCCc1ccc(-c2ccc(-c3ccc(CCCF)cc3)nn2)cc1. The first-order valence-corrected chi connectivity index (χ1v) is 9.88. The van der Waals surface area contributed by atoms with Gasteiger partial charge in [0.15, 0.2) is 0 Å². The predicted octanol–water partition coefficient (Wildman–Crippen LogP) is 6.45. The van der Waals surface area contributed by atoms with Gasteiger partial charge in [0, 0.05) is 11.1 Å². The zero-order chi connectivity index (χ0) is 18.9. The molecule has 3 aromatic rings. The largest absolute Gasteiger partial charge is 0.251 e. The number of nitrogens with zero attached hydrogens (tertiary/aromatic N) is 2. The number of rotatable bonds is 9. The summed E-state index contributed by atoms with van der Waals surface area (Å²) < 4.78 is 12.3. The highest BCUT2D eigenvalue weighted by Crippen LogP contribution is 2.22. The monoisotopic (exact) mass is 362 g/mol. The standard InChI is InChI=1S/C24H27FN2/c1-2-3-4-6-19-8-12-21(13-9-19)23-16-17-24(27-26-23)22-14-10-20(11-15-22)7-5-18-25/h8-17H,2-7,18H2,1H3. The molecule has 27 heavy (non-hydrogen) atoms. The van der Waals surface area contributed by atoms with Gasteiger partial charge in [-0.05, 0) is 48.9 Å². The molecule has 0 aliphatic carbocycles. The van der Waals surface area contributed by atoms with Gasteiger partial charge in [-0.15, -0.1) is 10.2 Å². The normalized spacial score (nSPS) is 10.9.